The summed E-state index contributed by atoms with van der Waals surface area (Å²) < 4.78 is 25.4. The van der Waals surface area contributed by atoms with Gasteiger partial charge in [-0.2, -0.15) is 5.10 Å². The molecule has 0 saturated heterocycles. The summed E-state index contributed by atoms with van der Waals surface area (Å²) in [5.74, 6) is 0.119. The van der Waals surface area contributed by atoms with E-state index < -0.39 is 11.9 Å². The second-order valence-corrected chi connectivity index (χ2v) is 4.62. The molecule has 0 fully saturated rings. The highest BCUT2D eigenvalue weighted by Crippen LogP contribution is 2.32. The molecular weight excluding hydrogens is 275 g/mol. The third-order valence-electron chi connectivity index (χ3n) is 3.25. The van der Waals surface area contributed by atoms with Gasteiger partial charge in [-0.3, -0.25) is 4.68 Å². The summed E-state index contributed by atoms with van der Waals surface area (Å²) in [4.78, 5) is 0. The molecule has 2 aromatic rings. The molecule has 0 aliphatic heterocycles. The van der Waals surface area contributed by atoms with Crippen molar-refractivity contribution in [2.24, 2.45) is 0 Å². The van der Waals surface area contributed by atoms with Crippen LogP contribution in [0.3, 0.4) is 0 Å². The minimum Gasteiger partial charge on any atom is -0.494 e. The van der Waals surface area contributed by atoms with Crippen LogP contribution in [0, 0.1) is 5.82 Å². The number of halogens is 1. The average Bonchev–Trinajstić information content (AvgIpc) is 2.90. The molecule has 1 aromatic heterocycles. The van der Waals surface area contributed by atoms with Gasteiger partial charge in [-0.15, -0.1) is 0 Å². The Labute approximate surface area is 122 Å². The van der Waals surface area contributed by atoms with E-state index in [1.807, 2.05) is 6.92 Å². The normalized spacial score (nSPS) is 12.2. The Kier molecular flexibility index (Phi) is 4.80. The van der Waals surface area contributed by atoms with Crippen molar-refractivity contribution in [3.8, 4) is 11.5 Å². The van der Waals surface area contributed by atoms with Crippen LogP contribution in [0.25, 0.3) is 0 Å². The first-order valence-electron chi connectivity index (χ1n) is 6.73. The Morgan fingerprint density at radius 3 is 2.62 bits per heavy atom. The third kappa shape index (κ3) is 3.00. The van der Waals surface area contributed by atoms with Crippen LogP contribution in [0.2, 0.25) is 0 Å². The van der Waals surface area contributed by atoms with Crippen molar-refractivity contribution < 1.29 is 19.0 Å². The van der Waals surface area contributed by atoms with Crippen molar-refractivity contribution in [3.05, 3.63) is 41.5 Å². The van der Waals surface area contributed by atoms with E-state index in [4.69, 9.17) is 9.47 Å². The maximum absolute atomic E-state index is 13.5. The lowest BCUT2D eigenvalue weighted by Gasteiger charge is -2.16. The first-order chi connectivity index (χ1) is 10.1. The number of ether oxygens (including phenoxy) is 2. The Hall–Kier alpha value is -2.08. The Morgan fingerprint density at radius 2 is 2.00 bits per heavy atom. The van der Waals surface area contributed by atoms with Crippen molar-refractivity contribution in [1.29, 1.82) is 0 Å². The maximum Gasteiger partial charge on any atom is 0.165 e. The van der Waals surface area contributed by atoms with E-state index in [2.05, 4.69) is 5.10 Å². The molecule has 0 aliphatic carbocycles. The predicted octanol–water partition coefficient (Wildman–Crippen LogP) is 2.53. The zero-order chi connectivity index (χ0) is 15.4. The van der Waals surface area contributed by atoms with E-state index >= 15 is 0 Å². The fraction of sp³-hybridized carbons (Fsp3) is 0.400. The van der Waals surface area contributed by atoms with E-state index in [1.54, 1.807) is 10.9 Å². The topological polar surface area (TPSA) is 56.5 Å². The molecule has 0 radical (unpaired) electrons. The van der Waals surface area contributed by atoms with Gasteiger partial charge in [0.2, 0.25) is 0 Å². The zero-order valence-electron chi connectivity index (χ0n) is 12.3. The lowest BCUT2D eigenvalue weighted by Crippen LogP contribution is -2.11. The van der Waals surface area contributed by atoms with E-state index in [1.165, 1.54) is 32.4 Å². The van der Waals surface area contributed by atoms with Crippen molar-refractivity contribution in [3.63, 3.8) is 0 Å². The van der Waals surface area contributed by atoms with Crippen LogP contribution in [-0.2, 0) is 6.54 Å². The van der Waals surface area contributed by atoms with Crippen molar-refractivity contribution in [2.45, 2.75) is 26.0 Å². The molecule has 0 amide bonds. The molecule has 114 valence electrons. The summed E-state index contributed by atoms with van der Waals surface area (Å²) in [6.45, 7) is 2.68. The molecule has 0 aliphatic rings. The van der Waals surface area contributed by atoms with E-state index in [9.17, 15) is 9.50 Å². The summed E-state index contributed by atoms with van der Waals surface area (Å²) in [7, 11) is 2.91. The van der Waals surface area contributed by atoms with Crippen molar-refractivity contribution in [2.75, 3.05) is 14.2 Å². The van der Waals surface area contributed by atoms with Crippen LogP contribution >= 0.6 is 0 Å². The Morgan fingerprint density at radius 1 is 1.29 bits per heavy atom. The van der Waals surface area contributed by atoms with Crippen LogP contribution in [0.4, 0.5) is 4.39 Å². The highest BCUT2D eigenvalue weighted by molar-refractivity contribution is 5.38. The first kappa shape index (κ1) is 15.3. The van der Waals surface area contributed by atoms with Gasteiger partial charge >= 0.3 is 0 Å². The second-order valence-electron chi connectivity index (χ2n) is 4.62. The molecular formula is C15H19FN2O3. The van der Waals surface area contributed by atoms with Gasteiger partial charge in [0.15, 0.2) is 17.3 Å². The molecule has 2 rings (SSSR count). The average molecular weight is 294 g/mol. The van der Waals surface area contributed by atoms with Gasteiger partial charge in [0.1, 0.15) is 11.8 Å². The lowest BCUT2D eigenvalue weighted by atomic mass is 10.1. The molecule has 0 bridgehead atoms. The summed E-state index contributed by atoms with van der Waals surface area (Å²) in [6, 6.07) is 4.26. The van der Waals surface area contributed by atoms with Crippen LogP contribution in [0.5, 0.6) is 11.5 Å². The van der Waals surface area contributed by atoms with Crippen LogP contribution in [0.1, 0.15) is 30.7 Å². The van der Waals surface area contributed by atoms with E-state index in [0.717, 1.165) is 6.42 Å². The van der Waals surface area contributed by atoms with Crippen molar-refractivity contribution in [1.82, 2.24) is 9.78 Å². The number of methoxy groups -OCH3 is 2. The molecule has 5 nitrogen and oxygen atoms in total. The smallest absolute Gasteiger partial charge is 0.165 e. The predicted molar refractivity (Wildman–Crippen MR) is 76.1 cm³/mol. The number of aliphatic hydroxyl groups is 1. The SMILES string of the molecule is CCCn1ncc(OC)c1C(O)c1ccc(F)c(OC)c1. The van der Waals surface area contributed by atoms with Gasteiger partial charge in [0.05, 0.1) is 20.4 Å². The minimum atomic E-state index is -0.969. The van der Waals surface area contributed by atoms with Gasteiger partial charge in [-0.05, 0) is 24.1 Å². The number of aromatic nitrogens is 2. The molecule has 1 N–H and O–H groups in total. The molecule has 6 heteroatoms. The molecule has 1 heterocycles. The standard InChI is InChI=1S/C15H19FN2O3/c1-4-7-18-14(13(21-3)9-17-18)15(19)10-5-6-11(16)12(8-10)20-2/h5-6,8-9,15,19H,4,7H2,1-3H3. The van der Waals surface area contributed by atoms with E-state index in [0.29, 0.717) is 23.6 Å². The highest BCUT2D eigenvalue weighted by atomic mass is 19.1. The third-order valence-corrected chi connectivity index (χ3v) is 3.25. The quantitative estimate of drug-likeness (QED) is 0.889. The highest BCUT2D eigenvalue weighted by Gasteiger charge is 2.22. The summed E-state index contributed by atoms with van der Waals surface area (Å²) in [6.07, 6.45) is 1.47. The number of nitrogens with zero attached hydrogens (tertiary/aromatic N) is 2. The zero-order valence-corrected chi connectivity index (χ0v) is 12.3. The number of benzene rings is 1. The molecule has 21 heavy (non-hydrogen) atoms. The largest absolute Gasteiger partial charge is 0.494 e. The monoisotopic (exact) mass is 294 g/mol. The maximum atomic E-state index is 13.5. The number of hydrogen-bond donors (Lipinski definition) is 1. The van der Waals surface area contributed by atoms with Gasteiger partial charge < -0.3 is 14.6 Å². The molecule has 1 unspecified atom stereocenters. The molecule has 1 atom stereocenters. The van der Waals surface area contributed by atoms with Crippen LogP contribution in [0.15, 0.2) is 24.4 Å². The lowest BCUT2D eigenvalue weighted by molar-refractivity contribution is 0.201. The molecule has 0 spiro atoms. The molecule has 1 aromatic carbocycles. The fourth-order valence-electron chi connectivity index (χ4n) is 2.21. The van der Waals surface area contributed by atoms with Gasteiger partial charge in [0.25, 0.3) is 0 Å². The first-order valence-corrected chi connectivity index (χ1v) is 6.73. The number of aryl methyl sites for hydroxylation is 1. The van der Waals surface area contributed by atoms with Crippen molar-refractivity contribution >= 4 is 0 Å². The van der Waals surface area contributed by atoms with Gasteiger partial charge in [0, 0.05) is 6.54 Å². The van der Waals surface area contributed by atoms with Gasteiger partial charge in [-0.25, -0.2) is 4.39 Å². The Bertz CT molecular complexity index is 613. The van der Waals surface area contributed by atoms with Crippen LogP contribution < -0.4 is 9.47 Å². The van der Waals surface area contributed by atoms with Gasteiger partial charge in [-0.1, -0.05) is 13.0 Å². The summed E-state index contributed by atoms with van der Waals surface area (Å²) >= 11 is 0. The fourth-order valence-corrected chi connectivity index (χ4v) is 2.21. The molecule has 0 saturated carbocycles. The van der Waals surface area contributed by atoms with Crippen LogP contribution in [-0.4, -0.2) is 29.1 Å². The number of hydrogen-bond acceptors (Lipinski definition) is 4. The number of aliphatic hydroxyl groups excluding tert-OH is 1. The number of rotatable bonds is 6. The minimum absolute atomic E-state index is 0.0899. The summed E-state index contributed by atoms with van der Waals surface area (Å²) in [5, 5.41) is 14.8. The second kappa shape index (κ2) is 6.58. The Balaban J connectivity index is 2.43. The summed E-state index contributed by atoms with van der Waals surface area (Å²) in [5.41, 5.74) is 1.07. The van der Waals surface area contributed by atoms with E-state index in [-0.39, 0.29) is 5.75 Å².